The van der Waals surface area contributed by atoms with Gasteiger partial charge in [0.1, 0.15) is 5.69 Å². The van der Waals surface area contributed by atoms with Crippen LogP contribution in [0, 0.1) is 0 Å². The Labute approximate surface area is 191 Å². The first-order chi connectivity index (χ1) is 16.0. The topological polar surface area (TPSA) is 127 Å². The normalized spacial score (nSPS) is 11.1. The van der Waals surface area contributed by atoms with Crippen molar-refractivity contribution in [1.82, 2.24) is 24.7 Å². The number of hydrogen-bond acceptors (Lipinski definition) is 9. The number of para-hydroxylation sites is 1. The molecule has 2 aromatic carbocycles. The zero-order valence-corrected chi connectivity index (χ0v) is 18.7. The van der Waals surface area contributed by atoms with Crippen LogP contribution in [0.2, 0.25) is 0 Å². The summed E-state index contributed by atoms with van der Waals surface area (Å²) < 4.78 is 12.5. The smallest absolute Gasteiger partial charge is 0.468 e. The van der Waals surface area contributed by atoms with Crippen molar-refractivity contribution in [2.75, 3.05) is 19.5 Å². The number of benzene rings is 2. The summed E-state index contributed by atoms with van der Waals surface area (Å²) in [6.45, 7) is 2.81. The van der Waals surface area contributed by atoms with Crippen molar-refractivity contribution in [3.63, 3.8) is 0 Å². The maximum atomic E-state index is 9.42. The molecule has 0 atom stereocenters. The van der Waals surface area contributed by atoms with E-state index in [1.807, 2.05) is 31.2 Å². The second-order valence-corrected chi connectivity index (χ2v) is 7.38. The summed E-state index contributed by atoms with van der Waals surface area (Å²) in [7, 11) is 1.66. The number of fused-ring (bicyclic) bond motifs is 1. The second-order valence-electron chi connectivity index (χ2n) is 7.38. The summed E-state index contributed by atoms with van der Waals surface area (Å²) in [6.07, 6.45) is 0.637. The molecule has 170 valence electrons. The lowest BCUT2D eigenvalue weighted by atomic mass is 9.80. The first-order valence-electron chi connectivity index (χ1n) is 10.5. The molecule has 0 amide bonds. The van der Waals surface area contributed by atoms with Crippen LogP contribution < -0.4 is 15.5 Å². The number of hydrogen-bond donors (Lipinski definition) is 3. The highest BCUT2D eigenvalue weighted by Crippen LogP contribution is 2.27. The molecule has 0 spiro atoms. The Morgan fingerprint density at radius 1 is 1.06 bits per heavy atom. The third-order valence-electron chi connectivity index (χ3n) is 5.21. The molecule has 10 nitrogen and oxygen atoms in total. The van der Waals surface area contributed by atoms with Crippen molar-refractivity contribution in [2.24, 2.45) is 0 Å². The fraction of sp³-hybridized carbons (Fsp3) is 0.273. The number of imidazole rings is 1. The van der Waals surface area contributed by atoms with Gasteiger partial charge in [0.25, 0.3) is 5.95 Å². The van der Waals surface area contributed by atoms with Gasteiger partial charge in [-0.1, -0.05) is 43.3 Å². The van der Waals surface area contributed by atoms with E-state index in [1.165, 1.54) is 0 Å². The summed E-state index contributed by atoms with van der Waals surface area (Å²) in [6, 6.07) is 13.2. The minimum Gasteiger partial charge on any atom is -0.468 e. The van der Waals surface area contributed by atoms with Crippen LogP contribution in [0.4, 0.5) is 5.82 Å². The van der Waals surface area contributed by atoms with Gasteiger partial charge in [0.2, 0.25) is 0 Å². The molecule has 0 aliphatic heterocycles. The number of methoxy groups -OCH3 is 2. The fourth-order valence-corrected chi connectivity index (χ4v) is 3.60. The van der Waals surface area contributed by atoms with Crippen LogP contribution in [-0.4, -0.2) is 56.1 Å². The molecule has 0 aliphatic rings. The Kier molecular flexibility index (Phi) is 6.83. The van der Waals surface area contributed by atoms with Crippen molar-refractivity contribution in [3.8, 4) is 12.0 Å². The van der Waals surface area contributed by atoms with E-state index in [4.69, 9.17) is 14.5 Å². The SMILES string of the molecule is CCc1nnc(-n2c(OC)nc3c(COC)cccc32)nc1NCc1cccc(B(O)O)c1. The van der Waals surface area contributed by atoms with Crippen LogP contribution >= 0.6 is 0 Å². The van der Waals surface area contributed by atoms with E-state index in [0.717, 1.165) is 22.2 Å². The molecule has 4 aromatic rings. The molecule has 0 saturated carbocycles. The quantitative estimate of drug-likeness (QED) is 0.324. The van der Waals surface area contributed by atoms with Gasteiger partial charge in [-0.3, -0.25) is 0 Å². The highest BCUT2D eigenvalue weighted by atomic mass is 16.5. The first-order valence-corrected chi connectivity index (χ1v) is 10.5. The van der Waals surface area contributed by atoms with E-state index in [0.29, 0.717) is 48.5 Å². The van der Waals surface area contributed by atoms with Crippen LogP contribution in [0.15, 0.2) is 42.5 Å². The van der Waals surface area contributed by atoms with E-state index in [1.54, 1.807) is 37.0 Å². The largest absolute Gasteiger partial charge is 0.488 e. The van der Waals surface area contributed by atoms with Crippen molar-refractivity contribution >= 4 is 29.4 Å². The minimum atomic E-state index is -1.52. The molecule has 0 unspecified atom stereocenters. The zero-order valence-electron chi connectivity index (χ0n) is 18.7. The van der Waals surface area contributed by atoms with Gasteiger partial charge in [-0.2, -0.15) is 9.97 Å². The number of ether oxygens (including phenoxy) is 2. The molecule has 4 rings (SSSR count). The van der Waals surface area contributed by atoms with E-state index in [9.17, 15) is 10.0 Å². The van der Waals surface area contributed by atoms with Gasteiger partial charge in [-0.05, 0) is 23.5 Å². The lowest BCUT2D eigenvalue weighted by Gasteiger charge is -2.12. The fourth-order valence-electron chi connectivity index (χ4n) is 3.60. The van der Waals surface area contributed by atoms with Gasteiger partial charge in [-0.15, -0.1) is 10.2 Å². The molecule has 0 radical (unpaired) electrons. The van der Waals surface area contributed by atoms with Crippen LogP contribution in [-0.2, 0) is 24.3 Å². The molecular formula is C22H25BN6O4. The zero-order chi connectivity index (χ0) is 23.4. The van der Waals surface area contributed by atoms with Crippen molar-refractivity contribution < 1.29 is 19.5 Å². The number of aromatic nitrogens is 5. The Hall–Kier alpha value is -3.54. The molecule has 2 heterocycles. The minimum absolute atomic E-state index is 0.322. The Bertz CT molecular complexity index is 1260. The van der Waals surface area contributed by atoms with Gasteiger partial charge >= 0.3 is 13.1 Å². The maximum absolute atomic E-state index is 9.42. The highest BCUT2D eigenvalue weighted by molar-refractivity contribution is 6.58. The maximum Gasteiger partial charge on any atom is 0.488 e. The monoisotopic (exact) mass is 448 g/mol. The average molecular weight is 448 g/mol. The van der Waals surface area contributed by atoms with Crippen molar-refractivity contribution in [2.45, 2.75) is 26.5 Å². The van der Waals surface area contributed by atoms with Crippen molar-refractivity contribution in [3.05, 3.63) is 59.3 Å². The lowest BCUT2D eigenvalue weighted by Crippen LogP contribution is -2.30. The number of rotatable bonds is 9. The van der Waals surface area contributed by atoms with Crippen LogP contribution in [0.5, 0.6) is 6.01 Å². The number of anilines is 1. The third-order valence-corrected chi connectivity index (χ3v) is 5.21. The molecule has 33 heavy (non-hydrogen) atoms. The highest BCUT2D eigenvalue weighted by Gasteiger charge is 2.19. The van der Waals surface area contributed by atoms with Crippen LogP contribution in [0.3, 0.4) is 0 Å². The molecule has 11 heteroatoms. The molecule has 0 bridgehead atoms. The van der Waals surface area contributed by atoms with Gasteiger partial charge in [0.05, 0.1) is 24.8 Å². The predicted octanol–water partition coefficient (Wildman–Crippen LogP) is 1.22. The Balaban J connectivity index is 1.72. The van der Waals surface area contributed by atoms with E-state index < -0.39 is 7.12 Å². The standard InChI is InChI=1S/C22H25BN6O4/c1-4-17-20(24-12-14-7-5-9-16(11-14)23(30)31)26-21(28-27-17)29-18-10-6-8-15(13-32-2)19(18)25-22(29)33-3/h5-11,30-31H,4,12-13H2,1-3H3,(H,24,26,28). The number of aryl methyl sites for hydroxylation is 1. The van der Waals surface area contributed by atoms with Crippen LogP contribution in [0.1, 0.15) is 23.7 Å². The van der Waals surface area contributed by atoms with Gasteiger partial charge < -0.3 is 24.8 Å². The Morgan fingerprint density at radius 2 is 1.88 bits per heavy atom. The van der Waals surface area contributed by atoms with E-state index in [-0.39, 0.29) is 0 Å². The molecule has 0 saturated heterocycles. The summed E-state index contributed by atoms with van der Waals surface area (Å²) in [4.78, 5) is 9.32. The average Bonchev–Trinajstić information content (AvgIpc) is 3.22. The molecule has 2 aromatic heterocycles. The number of nitrogens with one attached hydrogen (secondary N) is 1. The van der Waals surface area contributed by atoms with E-state index >= 15 is 0 Å². The summed E-state index contributed by atoms with van der Waals surface area (Å²) in [5.41, 5.74) is 4.46. The molecule has 0 fully saturated rings. The molecule has 3 N–H and O–H groups in total. The summed E-state index contributed by atoms with van der Waals surface area (Å²) >= 11 is 0. The Morgan fingerprint density at radius 3 is 2.61 bits per heavy atom. The van der Waals surface area contributed by atoms with E-state index in [2.05, 4.69) is 20.5 Å². The second kappa shape index (κ2) is 9.95. The predicted molar refractivity (Wildman–Crippen MR) is 125 cm³/mol. The van der Waals surface area contributed by atoms with Crippen LogP contribution in [0.25, 0.3) is 17.0 Å². The lowest BCUT2D eigenvalue weighted by molar-refractivity contribution is 0.186. The third kappa shape index (κ3) is 4.65. The first kappa shape index (κ1) is 22.7. The van der Waals surface area contributed by atoms with Gasteiger partial charge in [0, 0.05) is 19.2 Å². The van der Waals surface area contributed by atoms with Gasteiger partial charge in [-0.25, -0.2) is 4.57 Å². The summed E-state index contributed by atoms with van der Waals surface area (Å²) in [5, 5.41) is 30.8. The van der Waals surface area contributed by atoms with Crippen molar-refractivity contribution in [1.29, 1.82) is 0 Å². The number of nitrogens with zero attached hydrogens (tertiary/aromatic N) is 5. The van der Waals surface area contributed by atoms with Gasteiger partial charge in [0.15, 0.2) is 5.82 Å². The molecular weight excluding hydrogens is 423 g/mol. The summed E-state index contributed by atoms with van der Waals surface area (Å²) in [5.74, 6) is 0.901. The molecule has 0 aliphatic carbocycles.